The molecule has 2 aromatic carbocycles. The van der Waals surface area contributed by atoms with Crippen molar-refractivity contribution >= 4 is 23.1 Å². The molecule has 0 spiro atoms. The number of hydrogen-bond acceptors (Lipinski definition) is 8. The number of benzene rings is 2. The number of hydrogen-bond donors (Lipinski definition) is 1. The lowest BCUT2D eigenvalue weighted by molar-refractivity contribution is -0.384. The van der Waals surface area contributed by atoms with Gasteiger partial charge in [0, 0.05) is 30.8 Å². The highest BCUT2D eigenvalue weighted by Gasteiger charge is 2.27. The summed E-state index contributed by atoms with van der Waals surface area (Å²) in [7, 11) is 1.62. The molecule has 1 aliphatic rings. The number of nitriles is 1. The Morgan fingerprint density at radius 3 is 2.65 bits per heavy atom. The van der Waals surface area contributed by atoms with Gasteiger partial charge in [0.05, 0.1) is 34.9 Å². The quantitative estimate of drug-likeness (QED) is 0.435. The first-order valence-electron chi connectivity index (χ1n) is 10.7. The second kappa shape index (κ2) is 9.95. The molecule has 1 saturated heterocycles. The summed E-state index contributed by atoms with van der Waals surface area (Å²) in [6.45, 7) is 1.21. The number of nitrogens with one attached hydrogen (secondary N) is 1. The fourth-order valence-electron chi connectivity index (χ4n) is 3.89. The number of non-ortho nitro benzene ring substituents is 1. The molecule has 0 aliphatic carbocycles. The number of rotatable bonds is 6. The van der Waals surface area contributed by atoms with Crippen molar-refractivity contribution in [2.75, 3.05) is 30.4 Å². The van der Waals surface area contributed by atoms with Crippen molar-refractivity contribution in [1.29, 1.82) is 5.26 Å². The molecule has 10 nitrogen and oxygen atoms in total. The van der Waals surface area contributed by atoms with Crippen LogP contribution in [-0.2, 0) is 4.79 Å². The summed E-state index contributed by atoms with van der Waals surface area (Å²) in [6, 6.07) is 17.0. The Morgan fingerprint density at radius 2 is 2.00 bits per heavy atom. The first-order chi connectivity index (χ1) is 16.5. The molecule has 0 radical (unpaired) electrons. The average molecular weight is 458 g/mol. The number of piperidine rings is 1. The van der Waals surface area contributed by atoms with Gasteiger partial charge in [0.15, 0.2) is 5.82 Å². The summed E-state index contributed by atoms with van der Waals surface area (Å²) in [5.74, 6) is 0.890. The van der Waals surface area contributed by atoms with Gasteiger partial charge in [-0.15, -0.1) is 10.2 Å². The molecule has 172 valence electrons. The molecule has 2 heterocycles. The van der Waals surface area contributed by atoms with Crippen molar-refractivity contribution < 1.29 is 14.5 Å². The van der Waals surface area contributed by atoms with Crippen LogP contribution in [0.25, 0.3) is 11.3 Å². The van der Waals surface area contributed by atoms with Gasteiger partial charge >= 0.3 is 0 Å². The Balaban J connectivity index is 1.43. The number of anilines is 2. The summed E-state index contributed by atoms with van der Waals surface area (Å²) in [4.78, 5) is 25.3. The fourth-order valence-corrected chi connectivity index (χ4v) is 3.89. The molecule has 0 bridgehead atoms. The van der Waals surface area contributed by atoms with Crippen molar-refractivity contribution in [3.63, 3.8) is 0 Å². The minimum Gasteiger partial charge on any atom is -0.497 e. The molecular weight excluding hydrogens is 436 g/mol. The van der Waals surface area contributed by atoms with E-state index in [-0.39, 0.29) is 28.8 Å². The van der Waals surface area contributed by atoms with Crippen molar-refractivity contribution in [3.8, 4) is 23.1 Å². The SMILES string of the molecule is COc1ccc(-c2ccc(N3CCCC(C(=O)Nc4ccc([N+](=O)[O-])cc4C#N)C3)nn2)cc1. The van der Waals surface area contributed by atoms with E-state index in [9.17, 15) is 20.2 Å². The number of aromatic nitrogens is 2. The van der Waals surface area contributed by atoms with Gasteiger partial charge in [0.2, 0.25) is 5.91 Å². The van der Waals surface area contributed by atoms with Crippen molar-refractivity contribution in [3.05, 3.63) is 70.3 Å². The molecule has 34 heavy (non-hydrogen) atoms. The van der Waals surface area contributed by atoms with Gasteiger partial charge in [-0.05, 0) is 55.3 Å². The lowest BCUT2D eigenvalue weighted by Crippen LogP contribution is -2.41. The number of ether oxygens (including phenoxy) is 1. The lowest BCUT2D eigenvalue weighted by atomic mass is 9.96. The minimum atomic E-state index is -0.577. The summed E-state index contributed by atoms with van der Waals surface area (Å²) in [5, 5.41) is 31.7. The Kier molecular flexibility index (Phi) is 6.64. The van der Waals surface area contributed by atoms with Crippen LogP contribution in [0, 0.1) is 27.4 Å². The van der Waals surface area contributed by atoms with E-state index in [0.717, 1.165) is 36.0 Å². The third-order valence-electron chi connectivity index (χ3n) is 5.74. The zero-order valence-corrected chi connectivity index (χ0v) is 18.5. The number of carbonyl (C=O) groups excluding carboxylic acids is 1. The van der Waals surface area contributed by atoms with Crippen LogP contribution in [-0.4, -0.2) is 41.2 Å². The monoisotopic (exact) mass is 458 g/mol. The number of nitro benzene ring substituents is 1. The zero-order valence-electron chi connectivity index (χ0n) is 18.5. The van der Waals surface area contributed by atoms with Crippen molar-refractivity contribution in [2.45, 2.75) is 12.8 Å². The maximum absolute atomic E-state index is 12.9. The van der Waals surface area contributed by atoms with E-state index in [1.807, 2.05) is 47.4 Å². The highest BCUT2D eigenvalue weighted by atomic mass is 16.6. The molecule has 0 saturated carbocycles. The van der Waals surface area contributed by atoms with Crippen LogP contribution in [0.15, 0.2) is 54.6 Å². The van der Waals surface area contributed by atoms with Crippen LogP contribution >= 0.6 is 0 Å². The number of carbonyl (C=O) groups is 1. The minimum absolute atomic E-state index is 0.0511. The van der Waals surface area contributed by atoms with E-state index < -0.39 is 4.92 Å². The molecule has 3 aromatic rings. The summed E-state index contributed by atoms with van der Waals surface area (Å²) in [5.41, 5.74) is 1.77. The number of amides is 1. The normalized spacial score (nSPS) is 15.3. The maximum Gasteiger partial charge on any atom is 0.270 e. The molecular formula is C24H22N6O4. The third-order valence-corrected chi connectivity index (χ3v) is 5.74. The number of methoxy groups -OCH3 is 1. The fraction of sp³-hybridized carbons (Fsp3) is 0.250. The topological polar surface area (TPSA) is 134 Å². The molecule has 1 amide bonds. The van der Waals surface area contributed by atoms with Gasteiger partial charge < -0.3 is 15.0 Å². The highest BCUT2D eigenvalue weighted by molar-refractivity contribution is 5.94. The zero-order chi connectivity index (χ0) is 24.1. The molecule has 1 aromatic heterocycles. The van der Waals surface area contributed by atoms with E-state index in [0.29, 0.717) is 18.8 Å². The first kappa shape index (κ1) is 22.7. The molecule has 1 atom stereocenters. The smallest absolute Gasteiger partial charge is 0.270 e. The summed E-state index contributed by atoms with van der Waals surface area (Å²) >= 11 is 0. The molecule has 1 N–H and O–H groups in total. The summed E-state index contributed by atoms with van der Waals surface area (Å²) in [6.07, 6.45) is 1.49. The first-order valence-corrected chi connectivity index (χ1v) is 10.7. The van der Waals surface area contributed by atoms with Crippen LogP contribution in [0.4, 0.5) is 17.2 Å². The molecule has 10 heteroatoms. The van der Waals surface area contributed by atoms with Crippen LogP contribution in [0.1, 0.15) is 18.4 Å². The molecule has 1 unspecified atom stereocenters. The Bertz CT molecular complexity index is 1240. The predicted octanol–water partition coefficient (Wildman–Crippen LogP) is 3.79. The molecule has 1 fully saturated rings. The van der Waals surface area contributed by atoms with Crippen LogP contribution in [0.2, 0.25) is 0 Å². The van der Waals surface area contributed by atoms with Crippen LogP contribution < -0.4 is 15.0 Å². The predicted molar refractivity (Wildman–Crippen MR) is 125 cm³/mol. The van der Waals surface area contributed by atoms with Gasteiger partial charge in [-0.1, -0.05) is 0 Å². The van der Waals surface area contributed by atoms with E-state index >= 15 is 0 Å². The van der Waals surface area contributed by atoms with E-state index in [2.05, 4.69) is 15.5 Å². The largest absolute Gasteiger partial charge is 0.497 e. The standard InChI is InChI=1S/C24H22N6O4/c1-34-20-7-4-16(5-8-20)22-10-11-23(28-27-22)29-12-2-3-17(15-29)24(31)26-21-9-6-19(30(32)33)13-18(21)14-25/h4-11,13,17H,2-3,12,15H2,1H3,(H,26,31). The lowest BCUT2D eigenvalue weighted by Gasteiger charge is -2.32. The average Bonchev–Trinajstić information content (AvgIpc) is 2.89. The van der Waals surface area contributed by atoms with Crippen molar-refractivity contribution in [2.24, 2.45) is 5.92 Å². The van der Waals surface area contributed by atoms with Crippen molar-refractivity contribution in [1.82, 2.24) is 10.2 Å². The number of nitrogens with zero attached hydrogens (tertiary/aromatic N) is 5. The van der Waals surface area contributed by atoms with E-state index in [1.54, 1.807) is 7.11 Å². The number of nitro groups is 1. The van der Waals surface area contributed by atoms with Crippen LogP contribution in [0.5, 0.6) is 5.75 Å². The maximum atomic E-state index is 12.9. The Morgan fingerprint density at radius 1 is 1.21 bits per heavy atom. The van der Waals surface area contributed by atoms with Gasteiger partial charge in [0.25, 0.3) is 5.69 Å². The van der Waals surface area contributed by atoms with Gasteiger partial charge in [0.1, 0.15) is 11.8 Å². The highest BCUT2D eigenvalue weighted by Crippen LogP contribution is 2.27. The van der Waals surface area contributed by atoms with Gasteiger partial charge in [-0.25, -0.2) is 0 Å². The second-order valence-electron chi connectivity index (χ2n) is 7.88. The third kappa shape index (κ3) is 4.94. The second-order valence-corrected chi connectivity index (χ2v) is 7.88. The van der Waals surface area contributed by atoms with E-state index in [1.165, 1.54) is 12.1 Å². The Labute approximate surface area is 195 Å². The molecule has 1 aliphatic heterocycles. The summed E-state index contributed by atoms with van der Waals surface area (Å²) < 4.78 is 5.18. The molecule has 4 rings (SSSR count). The Hall–Kier alpha value is -4.52. The van der Waals surface area contributed by atoms with Gasteiger partial charge in [-0.3, -0.25) is 14.9 Å². The van der Waals surface area contributed by atoms with Crippen LogP contribution in [0.3, 0.4) is 0 Å². The van der Waals surface area contributed by atoms with Gasteiger partial charge in [-0.2, -0.15) is 5.26 Å². The van der Waals surface area contributed by atoms with E-state index in [4.69, 9.17) is 4.74 Å².